The molecule has 2 heterocycles. The quantitative estimate of drug-likeness (QED) is 0.541. The molecule has 4 atom stereocenters. The maximum atomic E-state index is 12.7. The van der Waals surface area contributed by atoms with Crippen molar-refractivity contribution in [2.45, 2.75) is 36.8 Å². The van der Waals surface area contributed by atoms with E-state index in [0.717, 1.165) is 42.9 Å². The first-order valence-corrected chi connectivity index (χ1v) is 11.3. The fraction of sp³-hybridized carbons (Fsp3) is 0.370. The average Bonchev–Trinajstić information content (AvgIpc) is 3.17. The molecule has 5 heteroatoms. The molecule has 0 saturated carbocycles. The van der Waals surface area contributed by atoms with E-state index in [9.17, 15) is 4.79 Å². The van der Waals surface area contributed by atoms with Crippen LogP contribution in [0.3, 0.4) is 0 Å². The Hall–Kier alpha value is -3.05. The van der Waals surface area contributed by atoms with Crippen LogP contribution in [-0.4, -0.2) is 43.7 Å². The summed E-state index contributed by atoms with van der Waals surface area (Å²) in [5.41, 5.74) is 3.43. The molecule has 32 heavy (non-hydrogen) atoms. The number of benzene rings is 2. The maximum absolute atomic E-state index is 12.7. The molecule has 0 radical (unpaired) electrons. The number of methoxy groups -OCH3 is 1. The molecule has 6 rings (SSSR count). The van der Waals surface area contributed by atoms with Gasteiger partial charge in [-0.25, -0.2) is 4.79 Å². The zero-order valence-corrected chi connectivity index (χ0v) is 18.4. The summed E-state index contributed by atoms with van der Waals surface area (Å²) in [5, 5.41) is 0. The normalized spacial score (nSPS) is 29.8. The zero-order chi connectivity index (χ0) is 21.9. The van der Waals surface area contributed by atoms with Crippen LogP contribution in [0.1, 0.15) is 29.5 Å². The fourth-order valence-corrected chi connectivity index (χ4v) is 6.44. The van der Waals surface area contributed by atoms with Gasteiger partial charge in [0.1, 0.15) is 5.76 Å². The van der Waals surface area contributed by atoms with Crippen LogP contribution >= 0.6 is 0 Å². The number of ether oxygens (including phenoxy) is 3. The second-order valence-corrected chi connectivity index (χ2v) is 9.29. The van der Waals surface area contributed by atoms with Gasteiger partial charge in [-0.15, -0.1) is 0 Å². The van der Waals surface area contributed by atoms with E-state index >= 15 is 0 Å². The molecule has 164 valence electrons. The van der Waals surface area contributed by atoms with Gasteiger partial charge < -0.3 is 19.1 Å². The van der Waals surface area contributed by atoms with Crippen LogP contribution in [0.25, 0.3) is 6.08 Å². The molecule has 2 aromatic carbocycles. The number of piperidine rings is 1. The summed E-state index contributed by atoms with van der Waals surface area (Å²) in [5.74, 6) is 2.31. The van der Waals surface area contributed by atoms with Gasteiger partial charge in [-0.05, 0) is 68.1 Å². The number of carbonyl (C=O) groups is 1. The minimum Gasteiger partial charge on any atom is -0.493 e. The molecule has 2 aliphatic heterocycles. The summed E-state index contributed by atoms with van der Waals surface area (Å²) in [6, 6.07) is 14.4. The fourth-order valence-electron chi connectivity index (χ4n) is 6.44. The highest BCUT2D eigenvalue weighted by Gasteiger charge is 2.64. The van der Waals surface area contributed by atoms with Gasteiger partial charge in [-0.3, -0.25) is 0 Å². The Balaban J connectivity index is 1.37. The monoisotopic (exact) mass is 429 g/mol. The van der Waals surface area contributed by atoms with Crippen molar-refractivity contribution in [3.63, 3.8) is 0 Å². The van der Waals surface area contributed by atoms with Crippen LogP contribution in [0.5, 0.6) is 11.5 Å². The van der Waals surface area contributed by atoms with E-state index in [1.54, 1.807) is 13.2 Å². The molecule has 1 saturated heterocycles. The van der Waals surface area contributed by atoms with Crippen molar-refractivity contribution in [3.8, 4) is 11.5 Å². The van der Waals surface area contributed by atoms with E-state index in [0.29, 0.717) is 17.7 Å². The van der Waals surface area contributed by atoms with Crippen molar-refractivity contribution in [2.24, 2.45) is 5.92 Å². The van der Waals surface area contributed by atoms with Crippen molar-refractivity contribution in [3.05, 3.63) is 77.1 Å². The molecule has 1 spiro atoms. The Morgan fingerprint density at radius 3 is 2.88 bits per heavy atom. The van der Waals surface area contributed by atoms with Crippen LogP contribution in [-0.2, 0) is 21.4 Å². The second kappa shape index (κ2) is 7.24. The lowest BCUT2D eigenvalue weighted by Gasteiger charge is -2.56. The van der Waals surface area contributed by atoms with Crippen molar-refractivity contribution in [1.82, 2.24) is 4.90 Å². The molecule has 0 aromatic heterocycles. The van der Waals surface area contributed by atoms with Gasteiger partial charge in [0.25, 0.3) is 0 Å². The number of likely N-dealkylation sites (N-methyl/N-ethyl adjacent to an activating group) is 1. The van der Waals surface area contributed by atoms with E-state index < -0.39 is 0 Å². The summed E-state index contributed by atoms with van der Waals surface area (Å²) < 4.78 is 18.2. The van der Waals surface area contributed by atoms with E-state index in [-0.39, 0.29) is 17.5 Å². The molecule has 2 aliphatic carbocycles. The lowest BCUT2D eigenvalue weighted by molar-refractivity contribution is -0.136. The molecule has 4 unspecified atom stereocenters. The van der Waals surface area contributed by atoms with E-state index in [2.05, 4.69) is 24.1 Å². The van der Waals surface area contributed by atoms with Crippen LogP contribution in [0.4, 0.5) is 0 Å². The molecule has 2 bridgehead atoms. The summed E-state index contributed by atoms with van der Waals surface area (Å²) in [6.45, 7) is 1.01. The number of esters is 1. The molecular formula is C27H27NO4. The summed E-state index contributed by atoms with van der Waals surface area (Å²) in [7, 11) is 3.91. The molecule has 1 fully saturated rings. The highest BCUT2D eigenvalue weighted by molar-refractivity contribution is 5.88. The van der Waals surface area contributed by atoms with Gasteiger partial charge in [0.15, 0.2) is 17.6 Å². The summed E-state index contributed by atoms with van der Waals surface area (Å²) in [6.07, 6.45) is 7.95. The molecule has 0 N–H and O–H groups in total. The van der Waals surface area contributed by atoms with Crippen molar-refractivity contribution in [2.75, 3.05) is 20.7 Å². The molecular weight excluding hydrogens is 402 g/mol. The molecule has 5 nitrogen and oxygen atoms in total. The Kier molecular flexibility index (Phi) is 4.44. The molecule has 0 amide bonds. The van der Waals surface area contributed by atoms with Crippen LogP contribution < -0.4 is 9.47 Å². The average molecular weight is 430 g/mol. The van der Waals surface area contributed by atoms with E-state index in [1.165, 1.54) is 17.2 Å². The zero-order valence-electron chi connectivity index (χ0n) is 18.4. The number of rotatable bonds is 4. The molecule has 2 aromatic rings. The standard InChI is InChI=1S/C27H27NO4/c1-28-15-14-27-19-10-12-22(31-23(29)13-8-17-6-4-3-5-7-17)26(27)32-25-21(30-2)11-9-18(24(25)27)16-20(19)28/h3-9,11-13,19-20,26H,10,14-16H2,1-2H3/b13-8+. The Morgan fingerprint density at radius 2 is 2.06 bits per heavy atom. The Labute approximate surface area is 188 Å². The SMILES string of the molecule is COc1ccc2c3c1OC1C(OC(=O)/C=C/c4ccccc4)=CCC4C(C2)N(C)CCC314. The first-order chi connectivity index (χ1) is 15.6. The largest absolute Gasteiger partial charge is 0.493 e. The number of carbonyl (C=O) groups excluding carboxylic acids is 1. The summed E-state index contributed by atoms with van der Waals surface area (Å²) >= 11 is 0. The van der Waals surface area contributed by atoms with E-state index in [4.69, 9.17) is 14.2 Å². The maximum Gasteiger partial charge on any atom is 0.335 e. The highest BCUT2D eigenvalue weighted by Crippen LogP contribution is 2.63. The topological polar surface area (TPSA) is 48.0 Å². The number of nitrogens with zero attached hydrogens (tertiary/aromatic N) is 1. The third kappa shape index (κ3) is 2.70. The van der Waals surface area contributed by atoms with Crippen LogP contribution in [0.15, 0.2) is 60.4 Å². The molecule has 4 aliphatic rings. The third-order valence-corrected chi connectivity index (χ3v) is 7.86. The van der Waals surface area contributed by atoms with Gasteiger partial charge in [-0.2, -0.15) is 0 Å². The minimum atomic E-state index is -0.373. The first-order valence-electron chi connectivity index (χ1n) is 11.3. The first kappa shape index (κ1) is 19.6. The number of likely N-dealkylation sites (tertiary alicyclic amines) is 1. The predicted octanol–water partition coefficient (Wildman–Crippen LogP) is 4.11. The van der Waals surface area contributed by atoms with Crippen molar-refractivity contribution in [1.29, 1.82) is 0 Å². The third-order valence-electron chi connectivity index (χ3n) is 7.86. The van der Waals surface area contributed by atoms with Gasteiger partial charge in [0.2, 0.25) is 0 Å². The highest BCUT2D eigenvalue weighted by atomic mass is 16.6. The summed E-state index contributed by atoms with van der Waals surface area (Å²) in [4.78, 5) is 15.2. The van der Waals surface area contributed by atoms with Gasteiger partial charge in [0.05, 0.1) is 7.11 Å². The van der Waals surface area contributed by atoms with Gasteiger partial charge in [0, 0.05) is 23.1 Å². The van der Waals surface area contributed by atoms with Gasteiger partial charge >= 0.3 is 5.97 Å². The Bertz CT molecular complexity index is 1140. The lowest BCUT2D eigenvalue weighted by Crippen LogP contribution is -2.63. The predicted molar refractivity (Wildman–Crippen MR) is 122 cm³/mol. The van der Waals surface area contributed by atoms with Gasteiger partial charge in [-0.1, -0.05) is 36.4 Å². The van der Waals surface area contributed by atoms with Crippen molar-refractivity contribution < 1.29 is 19.0 Å². The Morgan fingerprint density at radius 1 is 1.22 bits per heavy atom. The second-order valence-electron chi connectivity index (χ2n) is 9.29. The minimum absolute atomic E-state index is 0.165. The number of hydrogen-bond donors (Lipinski definition) is 0. The van der Waals surface area contributed by atoms with Crippen molar-refractivity contribution >= 4 is 12.0 Å². The van der Waals surface area contributed by atoms with Crippen LogP contribution in [0, 0.1) is 5.92 Å². The van der Waals surface area contributed by atoms with Crippen LogP contribution in [0.2, 0.25) is 0 Å². The van der Waals surface area contributed by atoms with E-state index in [1.807, 2.05) is 36.4 Å². The lowest BCUT2D eigenvalue weighted by atomic mass is 9.53. The smallest absolute Gasteiger partial charge is 0.335 e. The number of hydrogen-bond acceptors (Lipinski definition) is 5. The number of allylic oxidation sites excluding steroid dienone is 1.